The molecule has 0 radical (unpaired) electrons. The molecule has 2 aromatic heterocycles. The van der Waals surface area contributed by atoms with E-state index in [1.807, 2.05) is 10.7 Å². The number of imidazole rings is 1. The summed E-state index contributed by atoms with van der Waals surface area (Å²) in [5.74, 6) is 0.555. The van der Waals surface area contributed by atoms with Gasteiger partial charge in [-0.1, -0.05) is 42.7 Å². The topological polar surface area (TPSA) is 102 Å². The highest BCUT2D eigenvalue weighted by molar-refractivity contribution is 7.89. The number of aromatic nitrogens is 3. The molecule has 9 heteroatoms. The highest BCUT2D eigenvalue weighted by atomic mass is 32.2. The third-order valence-electron chi connectivity index (χ3n) is 4.83. The molecule has 0 saturated heterocycles. The molecule has 0 atom stereocenters. The van der Waals surface area contributed by atoms with Gasteiger partial charge in [0.1, 0.15) is 0 Å². The van der Waals surface area contributed by atoms with E-state index in [-0.39, 0.29) is 4.90 Å². The van der Waals surface area contributed by atoms with Crippen molar-refractivity contribution in [3.63, 3.8) is 0 Å². The zero-order valence-corrected chi connectivity index (χ0v) is 15.9. The van der Waals surface area contributed by atoms with Gasteiger partial charge in [-0.15, -0.1) is 5.10 Å². The summed E-state index contributed by atoms with van der Waals surface area (Å²) >= 11 is 1.52. The average Bonchev–Trinajstić information content (AvgIpc) is 3.20. The molecule has 1 aliphatic rings. The van der Waals surface area contributed by atoms with E-state index in [1.165, 1.54) is 61.3 Å². The van der Waals surface area contributed by atoms with Crippen LogP contribution in [0, 0.1) is 0 Å². The molecule has 1 aliphatic carbocycles. The SMILES string of the molecule is NS(=O)(=O)c1ccc(CNc2nn3c(C4CCCCC4)cnc3s2)cc1. The molecule has 3 aromatic rings. The molecule has 2 heterocycles. The van der Waals surface area contributed by atoms with Crippen molar-refractivity contribution < 1.29 is 8.42 Å². The normalized spacial score (nSPS) is 16.2. The van der Waals surface area contributed by atoms with Crippen LogP contribution in [0.3, 0.4) is 0 Å². The molecule has 1 saturated carbocycles. The summed E-state index contributed by atoms with van der Waals surface area (Å²) in [6.07, 6.45) is 8.27. The molecule has 138 valence electrons. The van der Waals surface area contributed by atoms with Crippen LogP contribution >= 0.6 is 11.3 Å². The Morgan fingerprint density at radius 1 is 1.19 bits per heavy atom. The molecule has 4 rings (SSSR count). The van der Waals surface area contributed by atoms with E-state index in [9.17, 15) is 8.42 Å². The largest absolute Gasteiger partial charge is 0.356 e. The number of hydrogen-bond donors (Lipinski definition) is 2. The fourth-order valence-electron chi connectivity index (χ4n) is 3.43. The molecular weight excluding hydrogens is 370 g/mol. The molecule has 0 unspecified atom stereocenters. The zero-order valence-electron chi connectivity index (χ0n) is 14.3. The summed E-state index contributed by atoms with van der Waals surface area (Å²) in [5, 5.41) is 13.9. The number of fused-ring (bicyclic) bond motifs is 1. The monoisotopic (exact) mass is 391 g/mol. The molecule has 1 fully saturated rings. The summed E-state index contributed by atoms with van der Waals surface area (Å²) in [7, 11) is -3.65. The van der Waals surface area contributed by atoms with Gasteiger partial charge >= 0.3 is 0 Å². The second-order valence-corrected chi connectivity index (χ2v) is 9.18. The summed E-state index contributed by atoms with van der Waals surface area (Å²) in [6.45, 7) is 0.556. The van der Waals surface area contributed by atoms with Crippen LogP contribution in [0.4, 0.5) is 5.13 Å². The smallest absolute Gasteiger partial charge is 0.238 e. The first kappa shape index (κ1) is 17.4. The van der Waals surface area contributed by atoms with Crippen LogP contribution in [0.25, 0.3) is 4.96 Å². The number of nitrogens with two attached hydrogens (primary N) is 1. The van der Waals surface area contributed by atoms with Crippen molar-refractivity contribution in [2.45, 2.75) is 49.5 Å². The number of nitrogens with one attached hydrogen (secondary N) is 1. The van der Waals surface area contributed by atoms with Gasteiger partial charge < -0.3 is 5.32 Å². The standard InChI is InChI=1S/C17H21N5O2S2/c18-26(23,24)14-8-6-12(7-9-14)10-19-16-21-22-15(11-20-17(22)25-16)13-4-2-1-3-5-13/h6-9,11,13H,1-5,10H2,(H,19,21)(H2,18,23,24). The van der Waals surface area contributed by atoms with Crippen molar-refractivity contribution in [1.82, 2.24) is 14.6 Å². The molecule has 0 aliphatic heterocycles. The van der Waals surface area contributed by atoms with E-state index in [4.69, 9.17) is 5.14 Å². The van der Waals surface area contributed by atoms with Gasteiger partial charge in [0.15, 0.2) is 0 Å². The fraction of sp³-hybridized carbons (Fsp3) is 0.412. The van der Waals surface area contributed by atoms with Crippen molar-refractivity contribution in [3.05, 3.63) is 41.7 Å². The van der Waals surface area contributed by atoms with Gasteiger partial charge in [0.25, 0.3) is 0 Å². The number of primary sulfonamides is 1. The van der Waals surface area contributed by atoms with E-state index in [2.05, 4.69) is 15.4 Å². The summed E-state index contributed by atoms with van der Waals surface area (Å²) in [5.41, 5.74) is 2.17. The minimum absolute atomic E-state index is 0.117. The van der Waals surface area contributed by atoms with Crippen LogP contribution in [0.5, 0.6) is 0 Å². The van der Waals surface area contributed by atoms with Crippen LogP contribution in [0.2, 0.25) is 0 Å². The quantitative estimate of drug-likeness (QED) is 0.696. The van der Waals surface area contributed by atoms with Crippen LogP contribution in [-0.4, -0.2) is 23.0 Å². The van der Waals surface area contributed by atoms with Gasteiger partial charge in [0, 0.05) is 12.5 Å². The Bertz CT molecular complexity index is 1000. The number of sulfonamides is 1. The highest BCUT2D eigenvalue weighted by Gasteiger charge is 2.21. The van der Waals surface area contributed by atoms with Crippen LogP contribution in [0.15, 0.2) is 35.4 Å². The minimum atomic E-state index is -3.65. The molecule has 7 nitrogen and oxygen atoms in total. The zero-order chi connectivity index (χ0) is 18.1. The number of anilines is 1. The van der Waals surface area contributed by atoms with Gasteiger partial charge in [-0.2, -0.15) is 0 Å². The maximum Gasteiger partial charge on any atom is 0.238 e. The number of benzene rings is 1. The van der Waals surface area contributed by atoms with Gasteiger partial charge in [-0.3, -0.25) is 0 Å². The Hall–Kier alpha value is -1.97. The summed E-state index contributed by atoms with van der Waals surface area (Å²) in [6, 6.07) is 6.53. The Morgan fingerprint density at radius 2 is 1.92 bits per heavy atom. The van der Waals surface area contributed by atoms with Gasteiger partial charge in [0.05, 0.1) is 16.8 Å². The number of hydrogen-bond acceptors (Lipinski definition) is 6. The number of rotatable bonds is 5. The van der Waals surface area contributed by atoms with Crippen LogP contribution in [0.1, 0.15) is 49.3 Å². The Morgan fingerprint density at radius 3 is 2.62 bits per heavy atom. The van der Waals surface area contributed by atoms with E-state index in [1.54, 1.807) is 12.1 Å². The molecule has 0 spiro atoms. The molecule has 3 N–H and O–H groups in total. The first-order chi connectivity index (χ1) is 12.5. The van der Waals surface area contributed by atoms with E-state index < -0.39 is 10.0 Å². The summed E-state index contributed by atoms with van der Waals surface area (Å²) < 4.78 is 24.6. The van der Waals surface area contributed by atoms with Crippen molar-refractivity contribution >= 4 is 31.5 Å². The second kappa shape index (κ2) is 6.98. The predicted molar refractivity (Wildman–Crippen MR) is 102 cm³/mol. The molecule has 1 aromatic carbocycles. The third kappa shape index (κ3) is 3.60. The van der Waals surface area contributed by atoms with E-state index >= 15 is 0 Å². The van der Waals surface area contributed by atoms with Gasteiger partial charge in [-0.25, -0.2) is 23.1 Å². The predicted octanol–water partition coefficient (Wildman–Crippen LogP) is 3.10. The summed E-state index contributed by atoms with van der Waals surface area (Å²) in [4.78, 5) is 5.52. The maximum absolute atomic E-state index is 11.3. The van der Waals surface area contributed by atoms with Crippen molar-refractivity contribution in [1.29, 1.82) is 0 Å². The van der Waals surface area contributed by atoms with Crippen LogP contribution < -0.4 is 10.5 Å². The van der Waals surface area contributed by atoms with Gasteiger partial charge in [-0.05, 0) is 30.5 Å². The molecule has 0 amide bonds. The van der Waals surface area contributed by atoms with E-state index in [0.29, 0.717) is 12.5 Å². The molecular formula is C17H21N5O2S2. The van der Waals surface area contributed by atoms with Crippen molar-refractivity contribution in [2.75, 3.05) is 5.32 Å². The lowest BCUT2D eigenvalue weighted by Gasteiger charge is -2.20. The first-order valence-electron chi connectivity index (χ1n) is 8.71. The minimum Gasteiger partial charge on any atom is -0.356 e. The lowest BCUT2D eigenvalue weighted by molar-refractivity contribution is 0.432. The van der Waals surface area contributed by atoms with Crippen LogP contribution in [-0.2, 0) is 16.6 Å². The Kier molecular flexibility index (Phi) is 4.68. The fourth-order valence-corrected chi connectivity index (χ4v) is 4.73. The lowest BCUT2D eigenvalue weighted by Crippen LogP contribution is -2.12. The second-order valence-electron chi connectivity index (χ2n) is 6.66. The van der Waals surface area contributed by atoms with E-state index in [0.717, 1.165) is 15.7 Å². The number of nitrogens with zero attached hydrogens (tertiary/aromatic N) is 3. The third-order valence-corrected chi connectivity index (χ3v) is 6.64. The molecule has 0 bridgehead atoms. The average molecular weight is 392 g/mol. The van der Waals surface area contributed by atoms with Gasteiger partial charge in [0.2, 0.25) is 20.1 Å². The lowest BCUT2D eigenvalue weighted by atomic mass is 9.87. The maximum atomic E-state index is 11.3. The van der Waals surface area contributed by atoms with Crippen molar-refractivity contribution in [3.8, 4) is 0 Å². The van der Waals surface area contributed by atoms with Crippen molar-refractivity contribution in [2.24, 2.45) is 5.14 Å². The Balaban J connectivity index is 1.47. The Labute approximate surface area is 156 Å². The highest BCUT2D eigenvalue weighted by Crippen LogP contribution is 2.34. The molecule has 26 heavy (non-hydrogen) atoms. The first-order valence-corrected chi connectivity index (χ1v) is 11.1.